The third-order valence-electron chi connectivity index (χ3n) is 4.67. The molecule has 15 heavy (non-hydrogen) atoms. The van der Waals surface area contributed by atoms with E-state index in [2.05, 4.69) is 31.4 Å². The van der Waals surface area contributed by atoms with Gasteiger partial charge in [-0.2, -0.15) is 0 Å². The first-order chi connectivity index (χ1) is 7.32. The number of nitrogens with one attached hydrogen (secondary N) is 1. The van der Waals surface area contributed by atoms with Crippen molar-refractivity contribution < 1.29 is 0 Å². The van der Waals surface area contributed by atoms with Crippen molar-refractivity contribution >= 4 is 0 Å². The second-order valence-electron chi connectivity index (χ2n) is 5.33. The first-order valence-electron chi connectivity index (χ1n) is 6.65. The van der Waals surface area contributed by atoms with Crippen molar-refractivity contribution in [2.75, 3.05) is 7.05 Å². The Kier molecular flexibility index (Phi) is 3.50. The van der Waals surface area contributed by atoms with E-state index in [0.717, 1.165) is 11.8 Å². The van der Waals surface area contributed by atoms with Crippen LogP contribution in [0.3, 0.4) is 0 Å². The van der Waals surface area contributed by atoms with Gasteiger partial charge in [-0.15, -0.1) is 0 Å². The normalized spacial score (nSPS) is 41.7. The Balaban J connectivity index is 2.20. The predicted octanol–water partition coefficient (Wildman–Crippen LogP) is 3.51. The van der Waals surface area contributed by atoms with E-state index in [0.29, 0.717) is 5.54 Å². The Hall–Kier alpha value is -0.300. The minimum Gasteiger partial charge on any atom is -0.311 e. The zero-order chi connectivity index (χ0) is 10.7. The third-order valence-corrected chi connectivity index (χ3v) is 4.67. The average molecular weight is 207 g/mol. The number of likely N-dealkylation sites (N-methyl/N-ethyl adjacent to an activating group) is 1. The van der Waals surface area contributed by atoms with Gasteiger partial charge in [0.15, 0.2) is 0 Å². The lowest BCUT2D eigenvalue weighted by Crippen LogP contribution is -2.53. The van der Waals surface area contributed by atoms with Crippen LogP contribution in [-0.2, 0) is 0 Å². The Morgan fingerprint density at radius 3 is 2.60 bits per heavy atom. The molecule has 3 atom stereocenters. The molecule has 1 heteroatoms. The monoisotopic (exact) mass is 207 g/mol. The Morgan fingerprint density at radius 1 is 1.13 bits per heavy atom. The van der Waals surface area contributed by atoms with E-state index < -0.39 is 0 Å². The highest BCUT2D eigenvalue weighted by atomic mass is 15.0. The maximum atomic E-state index is 3.63. The maximum Gasteiger partial charge on any atom is 0.0392 e. The second-order valence-corrected chi connectivity index (χ2v) is 5.33. The number of allylic oxidation sites excluding steroid dienone is 1. The summed E-state index contributed by atoms with van der Waals surface area (Å²) < 4.78 is 0. The van der Waals surface area contributed by atoms with Crippen LogP contribution in [0.5, 0.6) is 0 Å². The largest absolute Gasteiger partial charge is 0.311 e. The Morgan fingerprint density at radius 2 is 1.87 bits per heavy atom. The lowest BCUT2D eigenvalue weighted by Gasteiger charge is -2.49. The maximum absolute atomic E-state index is 3.63. The summed E-state index contributed by atoms with van der Waals surface area (Å²) in [6.45, 7) is 2.16. The van der Waals surface area contributed by atoms with Crippen molar-refractivity contribution in [1.29, 1.82) is 0 Å². The van der Waals surface area contributed by atoms with Gasteiger partial charge in [0.2, 0.25) is 0 Å². The van der Waals surface area contributed by atoms with Gasteiger partial charge in [0, 0.05) is 5.54 Å². The molecule has 0 radical (unpaired) electrons. The molecule has 2 aliphatic carbocycles. The molecule has 0 spiro atoms. The molecule has 0 aromatic heterocycles. The topological polar surface area (TPSA) is 12.0 Å². The van der Waals surface area contributed by atoms with Crippen LogP contribution >= 0.6 is 0 Å². The number of hydrogen-bond donors (Lipinski definition) is 1. The molecule has 0 aromatic carbocycles. The van der Waals surface area contributed by atoms with Gasteiger partial charge in [-0.1, -0.05) is 44.3 Å². The predicted molar refractivity (Wildman–Crippen MR) is 65.9 cm³/mol. The summed E-state index contributed by atoms with van der Waals surface area (Å²) in [4.78, 5) is 0. The van der Waals surface area contributed by atoms with Crippen molar-refractivity contribution in [2.45, 2.75) is 57.4 Å². The number of hydrogen-bond acceptors (Lipinski definition) is 1. The van der Waals surface area contributed by atoms with Crippen molar-refractivity contribution in [1.82, 2.24) is 5.32 Å². The fourth-order valence-electron chi connectivity index (χ4n) is 3.97. The summed E-state index contributed by atoms with van der Waals surface area (Å²) in [7, 11) is 2.15. The van der Waals surface area contributed by atoms with Crippen LogP contribution in [-0.4, -0.2) is 12.6 Å². The molecule has 86 valence electrons. The van der Waals surface area contributed by atoms with Crippen molar-refractivity contribution in [2.24, 2.45) is 11.8 Å². The van der Waals surface area contributed by atoms with Crippen LogP contribution in [0.2, 0.25) is 0 Å². The molecule has 2 aliphatic rings. The van der Waals surface area contributed by atoms with Gasteiger partial charge in [-0.3, -0.25) is 0 Å². The van der Waals surface area contributed by atoms with Gasteiger partial charge in [-0.25, -0.2) is 0 Å². The summed E-state index contributed by atoms with van der Waals surface area (Å²) in [6.07, 6.45) is 14.7. The quantitative estimate of drug-likeness (QED) is 0.683. The standard InChI is InChI=1S/C14H25N/c1-3-10-14(15-2)11-6-8-12-7-4-5-9-13(12)14/h3,10,12-13,15H,4-9,11H2,1-2H3/t12-,13-,14+/m0/s1. The van der Waals surface area contributed by atoms with E-state index in [1.807, 2.05) is 0 Å². The van der Waals surface area contributed by atoms with E-state index in [1.54, 1.807) is 0 Å². The summed E-state index contributed by atoms with van der Waals surface area (Å²) in [5, 5.41) is 3.63. The minimum absolute atomic E-state index is 0.331. The van der Waals surface area contributed by atoms with E-state index >= 15 is 0 Å². The molecule has 0 unspecified atom stereocenters. The van der Waals surface area contributed by atoms with Crippen molar-refractivity contribution in [3.8, 4) is 0 Å². The fourth-order valence-corrected chi connectivity index (χ4v) is 3.97. The molecule has 2 fully saturated rings. The molecule has 2 rings (SSSR count). The molecule has 1 N–H and O–H groups in total. The highest BCUT2D eigenvalue weighted by Crippen LogP contribution is 2.46. The van der Waals surface area contributed by atoms with Crippen molar-refractivity contribution in [3.63, 3.8) is 0 Å². The second kappa shape index (κ2) is 4.69. The summed E-state index contributed by atoms with van der Waals surface area (Å²) in [5.74, 6) is 1.90. The van der Waals surface area contributed by atoms with Crippen LogP contribution in [0.25, 0.3) is 0 Å². The van der Waals surface area contributed by atoms with E-state index in [9.17, 15) is 0 Å². The molecule has 0 bridgehead atoms. The number of rotatable bonds is 2. The van der Waals surface area contributed by atoms with Gasteiger partial charge in [-0.05, 0) is 38.6 Å². The molecule has 0 amide bonds. The van der Waals surface area contributed by atoms with Crippen LogP contribution in [0.4, 0.5) is 0 Å². The Bertz CT molecular complexity index is 231. The third kappa shape index (κ3) is 1.99. The van der Waals surface area contributed by atoms with Gasteiger partial charge >= 0.3 is 0 Å². The molecule has 0 heterocycles. The van der Waals surface area contributed by atoms with Crippen LogP contribution in [0.1, 0.15) is 51.9 Å². The van der Waals surface area contributed by atoms with E-state index in [-0.39, 0.29) is 0 Å². The molecule has 2 saturated carbocycles. The van der Waals surface area contributed by atoms with E-state index in [4.69, 9.17) is 0 Å². The highest BCUT2D eigenvalue weighted by Gasteiger charge is 2.43. The Labute approximate surface area is 94.3 Å². The number of fused-ring (bicyclic) bond motifs is 1. The first kappa shape index (κ1) is 11.2. The molecule has 1 nitrogen and oxygen atoms in total. The lowest BCUT2D eigenvalue weighted by atomic mass is 9.61. The summed E-state index contributed by atoms with van der Waals surface area (Å²) >= 11 is 0. The summed E-state index contributed by atoms with van der Waals surface area (Å²) in [6, 6.07) is 0. The smallest absolute Gasteiger partial charge is 0.0392 e. The van der Waals surface area contributed by atoms with Gasteiger partial charge < -0.3 is 5.32 Å². The first-order valence-corrected chi connectivity index (χ1v) is 6.65. The van der Waals surface area contributed by atoms with Gasteiger partial charge in [0.1, 0.15) is 0 Å². The molecular formula is C14H25N. The average Bonchev–Trinajstić information content (AvgIpc) is 2.30. The van der Waals surface area contributed by atoms with Crippen LogP contribution in [0, 0.1) is 11.8 Å². The highest BCUT2D eigenvalue weighted by molar-refractivity contribution is 5.12. The molecule has 0 aromatic rings. The fraction of sp³-hybridized carbons (Fsp3) is 0.857. The van der Waals surface area contributed by atoms with Crippen LogP contribution < -0.4 is 5.32 Å². The van der Waals surface area contributed by atoms with Crippen molar-refractivity contribution in [3.05, 3.63) is 12.2 Å². The summed E-state index contributed by atoms with van der Waals surface area (Å²) in [5.41, 5.74) is 0.331. The van der Waals surface area contributed by atoms with Crippen LogP contribution in [0.15, 0.2) is 12.2 Å². The van der Waals surface area contributed by atoms with E-state index in [1.165, 1.54) is 44.9 Å². The molecule has 0 aliphatic heterocycles. The SMILES string of the molecule is CC=C[C@@]1(NC)CCC[C@@H]2CCCC[C@@H]21. The molecular weight excluding hydrogens is 182 g/mol. The zero-order valence-corrected chi connectivity index (χ0v) is 10.3. The lowest BCUT2D eigenvalue weighted by molar-refractivity contribution is 0.0859. The molecule has 0 saturated heterocycles. The van der Waals surface area contributed by atoms with Gasteiger partial charge in [0.05, 0.1) is 0 Å². The minimum atomic E-state index is 0.331. The van der Waals surface area contributed by atoms with Gasteiger partial charge in [0.25, 0.3) is 0 Å². The zero-order valence-electron chi connectivity index (χ0n) is 10.3.